The van der Waals surface area contributed by atoms with Crippen LogP contribution >= 0.6 is 11.8 Å². The molecule has 2 aromatic rings. The van der Waals surface area contributed by atoms with Gasteiger partial charge in [-0.2, -0.15) is 11.8 Å². The molecule has 0 saturated carbocycles. The van der Waals surface area contributed by atoms with E-state index < -0.39 is 0 Å². The van der Waals surface area contributed by atoms with Gasteiger partial charge in [-0.15, -0.1) is 0 Å². The van der Waals surface area contributed by atoms with Crippen LogP contribution in [0.1, 0.15) is 18.7 Å². The van der Waals surface area contributed by atoms with Crippen LogP contribution in [0.5, 0.6) is 0 Å². The van der Waals surface area contributed by atoms with Crippen LogP contribution in [-0.4, -0.2) is 41.0 Å². The molecule has 1 atom stereocenters. The number of imidazole rings is 1. The molecule has 0 aliphatic carbocycles. The summed E-state index contributed by atoms with van der Waals surface area (Å²) >= 11 is 1.71. The SMILES string of the molecule is CSCc1nc2ccccc2n1CC(=O)NC[C@@H]1CCCO1. The number of fused-ring (bicyclic) bond motifs is 1. The molecule has 2 heterocycles. The summed E-state index contributed by atoms with van der Waals surface area (Å²) in [5.74, 6) is 1.76. The molecule has 0 unspecified atom stereocenters. The summed E-state index contributed by atoms with van der Waals surface area (Å²) in [6.45, 7) is 1.72. The van der Waals surface area contributed by atoms with E-state index in [9.17, 15) is 4.79 Å². The van der Waals surface area contributed by atoms with Crippen LogP contribution in [0.2, 0.25) is 0 Å². The number of thioether (sulfide) groups is 1. The average Bonchev–Trinajstić information content (AvgIpc) is 3.15. The van der Waals surface area contributed by atoms with Gasteiger partial charge in [0, 0.05) is 13.2 Å². The second kappa shape index (κ2) is 7.15. The van der Waals surface area contributed by atoms with Crippen LogP contribution in [0.25, 0.3) is 11.0 Å². The minimum Gasteiger partial charge on any atom is -0.376 e. The van der Waals surface area contributed by atoms with Gasteiger partial charge in [0.25, 0.3) is 0 Å². The molecule has 118 valence electrons. The van der Waals surface area contributed by atoms with Crippen molar-refractivity contribution in [1.29, 1.82) is 0 Å². The Hall–Kier alpha value is -1.53. The molecule has 1 N–H and O–H groups in total. The molecule has 1 aliphatic heterocycles. The molecule has 5 nitrogen and oxygen atoms in total. The summed E-state index contributed by atoms with van der Waals surface area (Å²) in [7, 11) is 0. The Morgan fingerprint density at radius 3 is 3.14 bits per heavy atom. The number of para-hydroxylation sites is 2. The second-order valence-corrected chi connectivity index (χ2v) is 6.34. The van der Waals surface area contributed by atoms with Gasteiger partial charge in [-0.25, -0.2) is 4.98 Å². The van der Waals surface area contributed by atoms with Crippen LogP contribution in [0.3, 0.4) is 0 Å². The minimum absolute atomic E-state index is 0.0148. The lowest BCUT2D eigenvalue weighted by atomic mass is 10.2. The van der Waals surface area contributed by atoms with Crippen LogP contribution in [0, 0.1) is 0 Å². The highest BCUT2D eigenvalue weighted by Gasteiger charge is 2.17. The van der Waals surface area contributed by atoms with E-state index >= 15 is 0 Å². The van der Waals surface area contributed by atoms with Crippen LogP contribution in [-0.2, 0) is 21.8 Å². The molecule has 0 spiro atoms. The lowest BCUT2D eigenvalue weighted by molar-refractivity contribution is -0.122. The third-order valence-electron chi connectivity index (χ3n) is 3.86. The molecule has 1 fully saturated rings. The van der Waals surface area contributed by atoms with E-state index in [1.54, 1.807) is 11.8 Å². The van der Waals surface area contributed by atoms with E-state index in [-0.39, 0.29) is 12.0 Å². The summed E-state index contributed by atoms with van der Waals surface area (Å²) in [5.41, 5.74) is 1.96. The van der Waals surface area contributed by atoms with Gasteiger partial charge in [-0.3, -0.25) is 4.79 Å². The highest BCUT2D eigenvalue weighted by molar-refractivity contribution is 7.97. The fourth-order valence-electron chi connectivity index (χ4n) is 2.77. The van der Waals surface area contributed by atoms with Crippen molar-refractivity contribution in [2.24, 2.45) is 0 Å². The number of rotatable bonds is 6. The quantitative estimate of drug-likeness (QED) is 0.887. The zero-order valence-corrected chi connectivity index (χ0v) is 13.6. The zero-order chi connectivity index (χ0) is 15.4. The first-order valence-corrected chi connectivity index (χ1v) is 8.98. The van der Waals surface area contributed by atoms with Gasteiger partial charge in [0.05, 0.1) is 22.9 Å². The molecule has 0 bridgehead atoms. The summed E-state index contributed by atoms with van der Waals surface area (Å²) < 4.78 is 7.54. The predicted octanol–water partition coefficient (Wildman–Crippen LogP) is 2.19. The van der Waals surface area contributed by atoms with Crippen LogP contribution in [0.4, 0.5) is 0 Å². The van der Waals surface area contributed by atoms with Crippen molar-refractivity contribution in [3.63, 3.8) is 0 Å². The Morgan fingerprint density at radius 1 is 1.50 bits per heavy atom. The molecule has 0 radical (unpaired) electrons. The fraction of sp³-hybridized carbons (Fsp3) is 0.500. The number of hydrogen-bond donors (Lipinski definition) is 1. The molecule has 22 heavy (non-hydrogen) atoms. The summed E-state index contributed by atoms with van der Waals surface area (Å²) in [6.07, 6.45) is 4.34. The minimum atomic E-state index is 0.0148. The Morgan fingerprint density at radius 2 is 2.36 bits per heavy atom. The maximum atomic E-state index is 12.2. The molecular formula is C16H21N3O2S. The molecule has 1 amide bonds. The van der Waals surface area contributed by atoms with Gasteiger partial charge < -0.3 is 14.6 Å². The molecule has 1 saturated heterocycles. The fourth-order valence-corrected chi connectivity index (χ4v) is 3.25. The maximum Gasteiger partial charge on any atom is 0.240 e. The summed E-state index contributed by atoms with van der Waals surface area (Å²) in [5, 5.41) is 2.98. The van der Waals surface area contributed by atoms with Crippen molar-refractivity contribution in [3.8, 4) is 0 Å². The van der Waals surface area contributed by atoms with Gasteiger partial charge in [-0.1, -0.05) is 12.1 Å². The number of carbonyl (C=O) groups excluding carboxylic acids is 1. The number of hydrogen-bond acceptors (Lipinski definition) is 4. The first-order valence-electron chi connectivity index (χ1n) is 7.59. The van der Waals surface area contributed by atoms with Crippen LogP contribution < -0.4 is 5.32 Å². The smallest absolute Gasteiger partial charge is 0.240 e. The number of aromatic nitrogens is 2. The lowest BCUT2D eigenvalue weighted by Crippen LogP contribution is -2.34. The Bertz CT molecular complexity index is 650. The average molecular weight is 319 g/mol. The maximum absolute atomic E-state index is 12.2. The van der Waals surface area contributed by atoms with Gasteiger partial charge in [-0.05, 0) is 31.2 Å². The number of amides is 1. The van der Waals surface area contributed by atoms with Crippen molar-refractivity contribution in [2.45, 2.75) is 31.2 Å². The van der Waals surface area contributed by atoms with Crippen molar-refractivity contribution in [3.05, 3.63) is 30.1 Å². The molecule has 3 rings (SSSR count). The third kappa shape index (κ3) is 3.44. The third-order valence-corrected chi connectivity index (χ3v) is 4.41. The molecule has 1 aromatic carbocycles. The van der Waals surface area contributed by atoms with E-state index in [1.807, 2.05) is 35.1 Å². The van der Waals surface area contributed by atoms with E-state index in [4.69, 9.17) is 4.74 Å². The number of carbonyl (C=O) groups is 1. The Balaban J connectivity index is 1.71. The number of benzene rings is 1. The van der Waals surface area contributed by atoms with E-state index in [0.29, 0.717) is 13.1 Å². The first-order chi connectivity index (χ1) is 10.8. The van der Waals surface area contributed by atoms with Crippen molar-refractivity contribution in [2.75, 3.05) is 19.4 Å². The standard InChI is InChI=1S/C16H21N3O2S/c1-22-11-15-18-13-6-2-3-7-14(13)19(15)10-16(20)17-9-12-5-4-8-21-12/h2-3,6-7,12H,4-5,8-11H2,1H3,(H,17,20)/t12-/m0/s1. The normalized spacial score (nSPS) is 18.0. The van der Waals surface area contributed by atoms with E-state index in [1.165, 1.54) is 0 Å². The highest BCUT2D eigenvalue weighted by Crippen LogP contribution is 2.19. The molecule has 6 heteroatoms. The van der Waals surface area contributed by atoms with Gasteiger partial charge in [0.15, 0.2) is 0 Å². The highest BCUT2D eigenvalue weighted by atomic mass is 32.2. The van der Waals surface area contributed by atoms with Gasteiger partial charge in [0.1, 0.15) is 12.4 Å². The lowest BCUT2D eigenvalue weighted by Gasteiger charge is -2.12. The van der Waals surface area contributed by atoms with E-state index in [2.05, 4.69) is 10.3 Å². The van der Waals surface area contributed by atoms with Crippen molar-refractivity contribution in [1.82, 2.24) is 14.9 Å². The predicted molar refractivity (Wildman–Crippen MR) is 88.9 cm³/mol. The molecule has 1 aromatic heterocycles. The number of nitrogens with zero attached hydrogens (tertiary/aromatic N) is 2. The number of nitrogens with one attached hydrogen (secondary N) is 1. The van der Waals surface area contributed by atoms with Crippen LogP contribution in [0.15, 0.2) is 24.3 Å². The Kier molecular flexibility index (Phi) is 5.00. The second-order valence-electron chi connectivity index (χ2n) is 5.48. The van der Waals surface area contributed by atoms with Crippen molar-refractivity contribution < 1.29 is 9.53 Å². The zero-order valence-electron chi connectivity index (χ0n) is 12.7. The number of ether oxygens (including phenoxy) is 1. The summed E-state index contributed by atoms with van der Waals surface area (Å²) in [6, 6.07) is 7.95. The topological polar surface area (TPSA) is 56.2 Å². The van der Waals surface area contributed by atoms with Gasteiger partial charge >= 0.3 is 0 Å². The molecular weight excluding hydrogens is 298 g/mol. The Labute approximate surface area is 134 Å². The molecule has 1 aliphatic rings. The largest absolute Gasteiger partial charge is 0.376 e. The first kappa shape index (κ1) is 15.4. The monoisotopic (exact) mass is 319 g/mol. The summed E-state index contributed by atoms with van der Waals surface area (Å²) in [4.78, 5) is 16.9. The van der Waals surface area contributed by atoms with E-state index in [0.717, 1.165) is 42.1 Å². The van der Waals surface area contributed by atoms with Gasteiger partial charge in [0.2, 0.25) is 5.91 Å². The van der Waals surface area contributed by atoms with Crippen molar-refractivity contribution >= 4 is 28.7 Å².